The molecule has 1 heterocycles. The van der Waals surface area contributed by atoms with E-state index in [0.29, 0.717) is 19.7 Å². The molecule has 1 saturated heterocycles. The number of phenolic OH excluding ortho intramolecular Hbond substituents is 1. The summed E-state index contributed by atoms with van der Waals surface area (Å²) in [6.07, 6.45) is 0.888. The number of phenols is 1. The predicted octanol–water partition coefficient (Wildman–Crippen LogP) is 2.95. The van der Waals surface area contributed by atoms with E-state index >= 15 is 0 Å². The van der Waals surface area contributed by atoms with Crippen molar-refractivity contribution in [2.24, 2.45) is 0 Å². The summed E-state index contributed by atoms with van der Waals surface area (Å²) in [6, 6.07) is 3.00. The van der Waals surface area contributed by atoms with Gasteiger partial charge in [0.25, 0.3) is 5.91 Å². The third kappa shape index (κ3) is 2.96. The van der Waals surface area contributed by atoms with Gasteiger partial charge in [-0.25, -0.2) is 0 Å². The molecule has 1 N–H and O–H groups in total. The van der Waals surface area contributed by atoms with Crippen molar-refractivity contribution in [1.29, 1.82) is 0 Å². The highest BCUT2D eigenvalue weighted by atomic mass is 35.5. The average molecular weight is 304 g/mol. The number of hydrogen-bond donors (Lipinski definition) is 1. The Bertz CT molecular complexity index is 493. The normalized spacial score (nSPS) is 19.5. The summed E-state index contributed by atoms with van der Waals surface area (Å²) in [6.45, 7) is 3.55. The smallest absolute Gasteiger partial charge is 0.257 e. The molecule has 1 fully saturated rings. The lowest BCUT2D eigenvalue weighted by Crippen LogP contribution is -2.45. The van der Waals surface area contributed by atoms with Gasteiger partial charge in [0.05, 0.1) is 23.3 Å². The summed E-state index contributed by atoms with van der Waals surface area (Å²) in [4.78, 5) is 14.0. The van der Waals surface area contributed by atoms with Gasteiger partial charge < -0.3 is 14.7 Å². The monoisotopic (exact) mass is 303 g/mol. The van der Waals surface area contributed by atoms with Crippen LogP contribution in [0.4, 0.5) is 0 Å². The maximum atomic E-state index is 12.4. The maximum absolute atomic E-state index is 12.4. The van der Waals surface area contributed by atoms with Crippen molar-refractivity contribution in [3.05, 3.63) is 27.7 Å². The molecule has 0 radical (unpaired) electrons. The van der Waals surface area contributed by atoms with Crippen molar-refractivity contribution in [3.63, 3.8) is 0 Å². The number of carbonyl (C=O) groups is 1. The van der Waals surface area contributed by atoms with E-state index in [1.807, 2.05) is 6.92 Å². The van der Waals surface area contributed by atoms with Gasteiger partial charge in [-0.15, -0.1) is 0 Å². The molecule has 0 bridgehead atoms. The fourth-order valence-corrected chi connectivity index (χ4v) is 2.35. The number of nitrogens with zero attached hydrogens (tertiary/aromatic N) is 1. The minimum Gasteiger partial charge on any atom is -0.505 e. The van der Waals surface area contributed by atoms with Crippen LogP contribution in [0, 0.1) is 0 Å². The van der Waals surface area contributed by atoms with Crippen LogP contribution in [0.3, 0.4) is 0 Å². The number of aromatic hydroxyl groups is 1. The summed E-state index contributed by atoms with van der Waals surface area (Å²) in [5.74, 6) is -0.517. The molecule has 1 amide bonds. The Kier molecular flexibility index (Phi) is 4.55. The van der Waals surface area contributed by atoms with Crippen LogP contribution in [-0.4, -0.2) is 41.7 Å². The summed E-state index contributed by atoms with van der Waals surface area (Å²) in [5.41, 5.74) is 0.172. The Balaban J connectivity index is 2.22. The highest BCUT2D eigenvalue weighted by Crippen LogP contribution is 2.34. The van der Waals surface area contributed by atoms with Gasteiger partial charge >= 0.3 is 0 Å². The quantitative estimate of drug-likeness (QED) is 0.914. The first-order chi connectivity index (χ1) is 9.04. The van der Waals surface area contributed by atoms with Crippen molar-refractivity contribution in [1.82, 2.24) is 4.90 Å². The number of amides is 1. The molecule has 1 aromatic carbocycles. The minimum absolute atomic E-state index is 0.00724. The Hall–Kier alpha value is -0.970. The zero-order chi connectivity index (χ0) is 14.0. The number of halogens is 2. The second kappa shape index (κ2) is 5.99. The van der Waals surface area contributed by atoms with E-state index in [0.717, 1.165) is 6.42 Å². The molecule has 0 unspecified atom stereocenters. The van der Waals surface area contributed by atoms with Gasteiger partial charge in [0.2, 0.25) is 0 Å². The van der Waals surface area contributed by atoms with Gasteiger partial charge in [-0.05, 0) is 18.6 Å². The highest BCUT2D eigenvalue weighted by molar-refractivity contribution is 6.43. The van der Waals surface area contributed by atoms with Crippen LogP contribution in [0.15, 0.2) is 12.1 Å². The lowest BCUT2D eigenvalue weighted by molar-refractivity contribution is -0.0227. The van der Waals surface area contributed by atoms with Crippen LogP contribution in [0.2, 0.25) is 10.0 Å². The Morgan fingerprint density at radius 1 is 1.53 bits per heavy atom. The largest absolute Gasteiger partial charge is 0.505 e. The van der Waals surface area contributed by atoms with E-state index in [2.05, 4.69) is 0 Å². The molecule has 104 valence electrons. The molecular formula is C13H15Cl2NO3. The van der Waals surface area contributed by atoms with E-state index in [9.17, 15) is 9.90 Å². The molecule has 1 aromatic rings. The van der Waals surface area contributed by atoms with E-state index < -0.39 is 0 Å². The van der Waals surface area contributed by atoms with Crippen LogP contribution in [0.5, 0.6) is 5.75 Å². The first kappa shape index (κ1) is 14.4. The van der Waals surface area contributed by atoms with Crippen LogP contribution in [0.25, 0.3) is 0 Å². The van der Waals surface area contributed by atoms with Crippen molar-refractivity contribution in [2.45, 2.75) is 19.4 Å². The molecule has 0 aliphatic carbocycles. The Morgan fingerprint density at radius 2 is 2.26 bits per heavy atom. The standard InChI is InChI=1S/C13H15Cl2NO3/c1-2-8-7-16(5-6-19-8)13(18)9-3-4-10(14)11(15)12(9)17/h3-4,8,17H,2,5-7H2,1H3/t8-/m1/s1. The molecule has 2 rings (SSSR count). The zero-order valence-corrected chi connectivity index (χ0v) is 12.0. The number of hydrogen-bond acceptors (Lipinski definition) is 3. The number of morpholine rings is 1. The molecule has 6 heteroatoms. The number of rotatable bonds is 2. The van der Waals surface area contributed by atoms with Gasteiger partial charge in [0.15, 0.2) is 0 Å². The molecule has 0 saturated carbocycles. The molecule has 1 aliphatic heterocycles. The predicted molar refractivity (Wildman–Crippen MR) is 74.1 cm³/mol. The average Bonchev–Trinajstić information content (AvgIpc) is 2.44. The summed E-state index contributed by atoms with van der Waals surface area (Å²) < 4.78 is 5.51. The SMILES string of the molecule is CC[C@@H]1CN(C(=O)c2ccc(Cl)c(Cl)c2O)CCO1. The number of ether oxygens (including phenoxy) is 1. The summed E-state index contributed by atoms with van der Waals surface area (Å²) in [5, 5.41) is 10.1. The van der Waals surface area contributed by atoms with Crippen molar-refractivity contribution in [3.8, 4) is 5.75 Å². The Labute approximate surface area is 121 Å². The zero-order valence-electron chi connectivity index (χ0n) is 10.5. The minimum atomic E-state index is -0.265. The van der Waals surface area contributed by atoms with Gasteiger partial charge in [0.1, 0.15) is 10.8 Å². The lowest BCUT2D eigenvalue weighted by Gasteiger charge is -2.32. The van der Waals surface area contributed by atoms with Crippen LogP contribution >= 0.6 is 23.2 Å². The number of carbonyl (C=O) groups excluding carboxylic acids is 1. The van der Waals surface area contributed by atoms with Crippen LogP contribution in [0.1, 0.15) is 23.7 Å². The molecule has 19 heavy (non-hydrogen) atoms. The molecular weight excluding hydrogens is 289 g/mol. The molecule has 1 atom stereocenters. The van der Waals surface area contributed by atoms with E-state index in [-0.39, 0.29) is 33.4 Å². The third-order valence-electron chi connectivity index (χ3n) is 3.18. The second-order valence-electron chi connectivity index (χ2n) is 4.41. The molecule has 0 aromatic heterocycles. The topological polar surface area (TPSA) is 49.8 Å². The third-order valence-corrected chi connectivity index (χ3v) is 3.98. The van der Waals surface area contributed by atoms with Crippen molar-refractivity contribution >= 4 is 29.1 Å². The van der Waals surface area contributed by atoms with E-state index in [1.54, 1.807) is 4.90 Å². The van der Waals surface area contributed by atoms with Gasteiger partial charge in [-0.2, -0.15) is 0 Å². The van der Waals surface area contributed by atoms with Gasteiger partial charge in [-0.3, -0.25) is 4.79 Å². The maximum Gasteiger partial charge on any atom is 0.257 e. The van der Waals surface area contributed by atoms with Crippen molar-refractivity contribution in [2.75, 3.05) is 19.7 Å². The summed E-state index contributed by atoms with van der Waals surface area (Å²) in [7, 11) is 0. The first-order valence-electron chi connectivity index (χ1n) is 6.12. The van der Waals surface area contributed by atoms with E-state index in [1.165, 1.54) is 12.1 Å². The first-order valence-corrected chi connectivity index (χ1v) is 6.88. The van der Waals surface area contributed by atoms with Gasteiger partial charge in [0, 0.05) is 13.1 Å². The lowest BCUT2D eigenvalue weighted by atomic mass is 10.1. The highest BCUT2D eigenvalue weighted by Gasteiger charge is 2.26. The molecule has 4 nitrogen and oxygen atoms in total. The van der Waals surface area contributed by atoms with E-state index in [4.69, 9.17) is 27.9 Å². The Morgan fingerprint density at radius 3 is 2.95 bits per heavy atom. The fraction of sp³-hybridized carbons (Fsp3) is 0.462. The molecule has 1 aliphatic rings. The molecule has 0 spiro atoms. The second-order valence-corrected chi connectivity index (χ2v) is 5.19. The fourth-order valence-electron chi connectivity index (χ4n) is 2.03. The van der Waals surface area contributed by atoms with Crippen LogP contribution in [-0.2, 0) is 4.74 Å². The van der Waals surface area contributed by atoms with Crippen molar-refractivity contribution < 1.29 is 14.6 Å². The summed E-state index contributed by atoms with van der Waals surface area (Å²) >= 11 is 11.6. The number of benzene rings is 1. The van der Waals surface area contributed by atoms with Gasteiger partial charge in [-0.1, -0.05) is 30.1 Å². The van der Waals surface area contributed by atoms with Crippen LogP contribution < -0.4 is 0 Å².